The van der Waals surface area contributed by atoms with E-state index in [4.69, 9.17) is 0 Å². The number of thioether (sulfide) groups is 1. The molecule has 1 aromatic heterocycles. The topological polar surface area (TPSA) is 70.2 Å². The third-order valence-electron chi connectivity index (χ3n) is 6.23. The van der Waals surface area contributed by atoms with Crippen LogP contribution in [0.5, 0.6) is 0 Å². The third kappa shape index (κ3) is 1.97. The molecule has 5 atom stereocenters. The second-order valence-corrected chi connectivity index (χ2v) is 9.60. The van der Waals surface area contributed by atoms with Gasteiger partial charge in [0.15, 0.2) is 0 Å². The first-order chi connectivity index (χ1) is 13.0. The average Bonchev–Trinajstić information content (AvgIpc) is 3.35. The molecule has 4 aliphatic rings. The molecule has 8 heteroatoms. The number of rotatable bonds is 1. The quantitative estimate of drug-likeness (QED) is 0.748. The van der Waals surface area contributed by atoms with Crippen LogP contribution in [-0.2, 0) is 9.59 Å². The zero-order chi connectivity index (χ0) is 18.4. The number of hydrogen-bond donors (Lipinski definition) is 1. The van der Waals surface area contributed by atoms with Crippen molar-refractivity contribution in [3.8, 4) is 0 Å². The van der Waals surface area contributed by atoms with Crippen molar-refractivity contribution in [1.29, 1.82) is 0 Å². The molecule has 3 heterocycles. The largest absolute Gasteiger partial charge is 0.307 e. The zero-order valence-corrected chi connectivity index (χ0v) is 15.5. The van der Waals surface area contributed by atoms with Crippen LogP contribution in [0.4, 0.5) is 10.1 Å². The molecule has 2 bridgehead atoms. The van der Waals surface area contributed by atoms with E-state index in [2.05, 4.69) is 11.1 Å². The molecule has 2 aliphatic carbocycles. The Morgan fingerprint density at radius 3 is 2.59 bits per heavy atom. The molecule has 3 fully saturated rings. The lowest BCUT2D eigenvalue weighted by Gasteiger charge is -2.32. The number of benzene rings is 1. The predicted molar refractivity (Wildman–Crippen MR) is 100 cm³/mol. The minimum Gasteiger partial charge on any atom is -0.307 e. The number of thiazole rings is 1. The van der Waals surface area contributed by atoms with Crippen molar-refractivity contribution in [3.63, 3.8) is 0 Å². The van der Waals surface area contributed by atoms with Crippen LogP contribution < -0.4 is 9.77 Å². The summed E-state index contributed by atoms with van der Waals surface area (Å²) in [4.78, 5) is 42.9. The highest BCUT2D eigenvalue weighted by Gasteiger charge is 2.66. The molecule has 0 unspecified atom stereocenters. The summed E-state index contributed by atoms with van der Waals surface area (Å²) in [6.07, 6.45) is 2.89. The number of carbonyl (C=O) groups is 2. The van der Waals surface area contributed by atoms with Crippen LogP contribution in [0.15, 0.2) is 39.7 Å². The van der Waals surface area contributed by atoms with Crippen LogP contribution in [0.2, 0.25) is 0 Å². The Hall–Kier alpha value is -2.19. The zero-order valence-electron chi connectivity index (χ0n) is 13.8. The number of amides is 2. The number of anilines is 1. The summed E-state index contributed by atoms with van der Waals surface area (Å²) in [5, 5.41) is 1.01. The Bertz CT molecular complexity index is 1100. The van der Waals surface area contributed by atoms with Crippen molar-refractivity contribution in [3.05, 3.63) is 50.2 Å². The summed E-state index contributed by atoms with van der Waals surface area (Å²) in [7, 11) is 0. The van der Waals surface area contributed by atoms with E-state index in [1.54, 1.807) is 11.8 Å². The van der Waals surface area contributed by atoms with Crippen molar-refractivity contribution in [2.24, 2.45) is 23.7 Å². The lowest BCUT2D eigenvalue weighted by Crippen LogP contribution is -2.34. The number of aromatic amines is 1. The standard InChI is InChI=1S/C19H13FN2O3S2/c20-7-1-3-8(4-2-7)22-17(23)13-9-5-11(14(13)18(22)24)15-10(9)6-12-16(27-15)21-19(25)26-12/h1-4,6,9,11,13-15H,5H2,(H,21,25)/t9-,11-,13+,14+,15-/m1/s1. The Morgan fingerprint density at radius 1 is 1.07 bits per heavy atom. The van der Waals surface area contributed by atoms with E-state index in [1.165, 1.54) is 46.1 Å². The van der Waals surface area contributed by atoms with Gasteiger partial charge in [0.25, 0.3) is 0 Å². The minimum absolute atomic E-state index is 0.0461. The van der Waals surface area contributed by atoms with E-state index in [-0.39, 0.29) is 45.6 Å². The normalized spacial score (nSPS) is 33.1. The van der Waals surface area contributed by atoms with E-state index in [0.29, 0.717) is 5.69 Å². The van der Waals surface area contributed by atoms with Crippen LogP contribution in [0.1, 0.15) is 11.3 Å². The molecule has 27 heavy (non-hydrogen) atoms. The van der Waals surface area contributed by atoms with Gasteiger partial charge >= 0.3 is 4.87 Å². The summed E-state index contributed by atoms with van der Waals surface area (Å²) in [6.45, 7) is 0. The lowest BCUT2D eigenvalue weighted by molar-refractivity contribution is -0.123. The molecule has 2 saturated carbocycles. The average molecular weight is 400 g/mol. The molecule has 1 aromatic carbocycles. The van der Waals surface area contributed by atoms with Gasteiger partial charge < -0.3 is 4.98 Å². The van der Waals surface area contributed by atoms with Crippen LogP contribution in [0.25, 0.3) is 6.08 Å². The maximum absolute atomic E-state index is 13.2. The van der Waals surface area contributed by atoms with Gasteiger partial charge in [-0.05, 0) is 48.6 Å². The smallest absolute Gasteiger partial charge is 0.305 e. The van der Waals surface area contributed by atoms with Gasteiger partial charge in [-0.2, -0.15) is 0 Å². The molecular formula is C19H13FN2O3S2. The maximum atomic E-state index is 13.2. The monoisotopic (exact) mass is 400 g/mol. The highest BCUT2D eigenvalue weighted by Crippen LogP contribution is 2.64. The summed E-state index contributed by atoms with van der Waals surface area (Å²) < 4.78 is 13.2. The van der Waals surface area contributed by atoms with Crippen LogP contribution >= 0.6 is 23.1 Å². The first-order valence-electron chi connectivity index (χ1n) is 8.77. The molecule has 1 saturated heterocycles. The Kier molecular flexibility index (Phi) is 3.05. The van der Waals surface area contributed by atoms with Crippen molar-refractivity contribution < 1.29 is 14.0 Å². The van der Waals surface area contributed by atoms with Gasteiger partial charge in [-0.15, -0.1) is 0 Å². The van der Waals surface area contributed by atoms with Crippen LogP contribution in [-0.4, -0.2) is 22.0 Å². The second kappa shape index (κ2) is 5.20. The van der Waals surface area contributed by atoms with E-state index in [9.17, 15) is 18.8 Å². The predicted octanol–water partition coefficient (Wildman–Crippen LogP) is 2.89. The summed E-state index contributed by atoms with van der Waals surface area (Å²) in [5.41, 5.74) is 1.63. The molecule has 0 spiro atoms. The number of imide groups is 1. The molecule has 0 radical (unpaired) electrons. The number of halogens is 1. The third-order valence-corrected chi connectivity index (χ3v) is 8.63. The summed E-state index contributed by atoms with van der Waals surface area (Å²) in [5.74, 6) is -1.28. The van der Waals surface area contributed by atoms with Gasteiger partial charge in [-0.1, -0.05) is 28.7 Å². The molecule has 2 aromatic rings. The molecule has 2 aliphatic heterocycles. The highest BCUT2D eigenvalue weighted by molar-refractivity contribution is 8.00. The van der Waals surface area contributed by atoms with Gasteiger partial charge in [0.2, 0.25) is 11.8 Å². The number of hydrogen-bond acceptors (Lipinski definition) is 5. The van der Waals surface area contributed by atoms with Crippen molar-refractivity contribution in [2.75, 3.05) is 4.90 Å². The number of fused-ring (bicyclic) bond motifs is 9. The Morgan fingerprint density at radius 2 is 1.81 bits per heavy atom. The number of nitrogens with zero attached hydrogens (tertiary/aromatic N) is 1. The van der Waals surface area contributed by atoms with Gasteiger partial charge in [-0.3, -0.25) is 19.3 Å². The number of carbonyl (C=O) groups excluding carboxylic acids is 2. The van der Waals surface area contributed by atoms with Gasteiger partial charge in [0, 0.05) is 5.25 Å². The number of H-pyrrole nitrogens is 1. The van der Waals surface area contributed by atoms with Gasteiger partial charge in [0.1, 0.15) is 5.82 Å². The van der Waals surface area contributed by atoms with Gasteiger partial charge in [-0.25, -0.2) is 4.39 Å². The second-order valence-electron chi connectivity index (χ2n) is 7.44. The van der Waals surface area contributed by atoms with Gasteiger partial charge in [0.05, 0.1) is 27.4 Å². The Balaban J connectivity index is 1.41. The van der Waals surface area contributed by atoms with Crippen LogP contribution in [0.3, 0.4) is 0 Å². The molecular weight excluding hydrogens is 387 g/mol. The molecule has 136 valence electrons. The van der Waals surface area contributed by atoms with E-state index < -0.39 is 5.82 Å². The lowest BCUT2D eigenvalue weighted by atomic mass is 9.77. The molecule has 2 amide bonds. The molecule has 1 N–H and O–H groups in total. The first kappa shape index (κ1) is 15.8. The number of nitrogens with one attached hydrogen (secondary N) is 1. The first-order valence-corrected chi connectivity index (χ1v) is 10.5. The fourth-order valence-corrected chi connectivity index (χ4v) is 7.70. The minimum atomic E-state index is -0.397. The van der Waals surface area contributed by atoms with E-state index >= 15 is 0 Å². The van der Waals surface area contributed by atoms with E-state index in [1.807, 2.05) is 0 Å². The fraction of sp³-hybridized carbons (Fsp3) is 0.316. The maximum Gasteiger partial charge on any atom is 0.305 e. The summed E-state index contributed by atoms with van der Waals surface area (Å²) in [6, 6.07) is 5.51. The van der Waals surface area contributed by atoms with Crippen molar-refractivity contribution >= 4 is 46.7 Å². The SMILES string of the molecule is O=C1[C@@H]2[C@@H](C(=O)N1c1ccc(F)cc1)[C@H]1C[C@@H]2C2=Cc3sc(=O)[nH]c3S[C@H]21. The van der Waals surface area contributed by atoms with E-state index in [0.717, 1.165) is 16.3 Å². The summed E-state index contributed by atoms with van der Waals surface area (Å²) >= 11 is 2.80. The number of aromatic nitrogens is 1. The fourth-order valence-electron chi connectivity index (χ4n) is 5.26. The Labute approximate surface area is 161 Å². The van der Waals surface area contributed by atoms with Crippen LogP contribution in [0, 0.1) is 29.5 Å². The van der Waals surface area contributed by atoms with Crippen molar-refractivity contribution in [2.45, 2.75) is 16.7 Å². The highest BCUT2D eigenvalue weighted by atomic mass is 32.2. The van der Waals surface area contributed by atoms with Crippen molar-refractivity contribution in [1.82, 2.24) is 4.98 Å². The molecule has 6 rings (SSSR count). The molecule has 5 nitrogen and oxygen atoms in total.